The Morgan fingerprint density at radius 3 is 2.20 bits per heavy atom. The number of halogens is 2. The number of nitrogens with one attached hydrogen (secondary N) is 1. The van der Waals surface area contributed by atoms with Gasteiger partial charge in [0.1, 0.15) is 12.6 Å². The average molecular weight is 605 g/mol. The predicted molar refractivity (Wildman–Crippen MR) is 162 cm³/mol. The fraction of sp³-hybridized carbons (Fsp3) is 0.333. The first-order valence-corrected chi connectivity index (χ1v) is 15.6. The first kappa shape index (κ1) is 31.5. The highest BCUT2D eigenvalue weighted by Gasteiger charge is 2.34. The summed E-state index contributed by atoms with van der Waals surface area (Å²) in [6.07, 6.45) is 1.99. The van der Waals surface area contributed by atoms with Crippen molar-refractivity contribution >= 4 is 50.7 Å². The molecule has 0 bridgehead atoms. The quantitative estimate of drug-likeness (QED) is 0.294. The minimum absolute atomic E-state index is 0.0845. The molecule has 0 heterocycles. The highest BCUT2D eigenvalue weighted by atomic mass is 35.5. The average Bonchev–Trinajstić information content (AvgIpc) is 2.90. The second kappa shape index (κ2) is 14.0. The zero-order valence-corrected chi connectivity index (χ0v) is 25.5. The van der Waals surface area contributed by atoms with Gasteiger partial charge in [0.25, 0.3) is 0 Å². The first-order chi connectivity index (χ1) is 18.9. The summed E-state index contributed by atoms with van der Waals surface area (Å²) in [4.78, 5) is 29.1. The third-order valence-electron chi connectivity index (χ3n) is 6.52. The first-order valence-electron chi connectivity index (χ1n) is 13.0. The number of aryl methyl sites for hydroxylation is 2. The van der Waals surface area contributed by atoms with Crippen LogP contribution in [0.4, 0.5) is 5.69 Å². The molecule has 10 heteroatoms. The van der Waals surface area contributed by atoms with Crippen LogP contribution in [0.3, 0.4) is 0 Å². The van der Waals surface area contributed by atoms with Gasteiger partial charge in [-0.15, -0.1) is 0 Å². The maximum atomic E-state index is 14.2. The van der Waals surface area contributed by atoms with Gasteiger partial charge < -0.3 is 10.2 Å². The zero-order valence-electron chi connectivity index (χ0n) is 23.2. The summed E-state index contributed by atoms with van der Waals surface area (Å²) in [5.41, 5.74) is 3.27. The second-order valence-electron chi connectivity index (χ2n) is 9.78. The molecule has 0 fully saturated rings. The summed E-state index contributed by atoms with van der Waals surface area (Å²) in [7, 11) is -3.86. The normalized spacial score (nSPS) is 12.1. The summed E-state index contributed by atoms with van der Waals surface area (Å²) >= 11 is 13.0. The molecule has 0 radical (unpaired) electrons. The number of hydrogen-bond acceptors (Lipinski definition) is 4. The lowest BCUT2D eigenvalue weighted by atomic mass is 10.0. The summed E-state index contributed by atoms with van der Waals surface area (Å²) < 4.78 is 27.1. The van der Waals surface area contributed by atoms with Gasteiger partial charge in [-0.05, 0) is 55.2 Å². The summed E-state index contributed by atoms with van der Waals surface area (Å²) in [6, 6.07) is 18.8. The molecule has 0 aliphatic rings. The Morgan fingerprint density at radius 2 is 1.60 bits per heavy atom. The Labute approximate surface area is 247 Å². The number of carbonyl (C=O) groups is 2. The van der Waals surface area contributed by atoms with Gasteiger partial charge >= 0.3 is 0 Å². The number of carbonyl (C=O) groups excluding carboxylic acids is 2. The fourth-order valence-corrected chi connectivity index (χ4v) is 5.77. The highest BCUT2D eigenvalue weighted by molar-refractivity contribution is 7.92. The Balaban J connectivity index is 2.11. The lowest BCUT2D eigenvalue weighted by Gasteiger charge is -2.34. The van der Waals surface area contributed by atoms with Gasteiger partial charge in [-0.3, -0.25) is 13.9 Å². The maximum Gasteiger partial charge on any atom is 0.244 e. The van der Waals surface area contributed by atoms with Crippen molar-refractivity contribution in [2.24, 2.45) is 0 Å². The zero-order chi connectivity index (χ0) is 29.4. The molecule has 0 aromatic heterocycles. The molecule has 3 aromatic carbocycles. The van der Waals surface area contributed by atoms with Crippen LogP contribution in [0.25, 0.3) is 0 Å². The molecule has 0 spiro atoms. The van der Waals surface area contributed by atoms with E-state index in [0.717, 1.165) is 21.7 Å². The van der Waals surface area contributed by atoms with Gasteiger partial charge in [0.2, 0.25) is 21.8 Å². The van der Waals surface area contributed by atoms with Crippen LogP contribution < -0.4 is 9.62 Å². The van der Waals surface area contributed by atoms with Crippen LogP contribution in [0.5, 0.6) is 0 Å². The predicted octanol–water partition coefficient (Wildman–Crippen LogP) is 5.54. The molecule has 1 N–H and O–H groups in total. The van der Waals surface area contributed by atoms with E-state index in [1.807, 2.05) is 56.3 Å². The van der Waals surface area contributed by atoms with Gasteiger partial charge in [0.15, 0.2) is 0 Å². The number of anilines is 1. The number of amides is 2. The third-order valence-corrected chi connectivity index (χ3v) is 8.36. The van der Waals surface area contributed by atoms with E-state index in [1.165, 1.54) is 4.90 Å². The molecule has 214 valence electrons. The molecule has 0 aliphatic heterocycles. The molecule has 0 saturated heterocycles. The maximum absolute atomic E-state index is 14.2. The minimum atomic E-state index is -3.86. The summed E-state index contributed by atoms with van der Waals surface area (Å²) in [5, 5.41) is 3.58. The van der Waals surface area contributed by atoms with Crippen molar-refractivity contribution < 1.29 is 18.0 Å². The number of nitrogens with zero attached hydrogens (tertiary/aromatic N) is 2. The molecule has 0 aliphatic carbocycles. The molecular weight excluding hydrogens is 569 g/mol. The monoisotopic (exact) mass is 603 g/mol. The van der Waals surface area contributed by atoms with Gasteiger partial charge in [-0.1, -0.05) is 78.7 Å². The van der Waals surface area contributed by atoms with Crippen molar-refractivity contribution in [3.63, 3.8) is 0 Å². The third kappa shape index (κ3) is 8.22. The van der Waals surface area contributed by atoms with E-state index in [0.29, 0.717) is 39.8 Å². The largest absolute Gasteiger partial charge is 0.354 e. The van der Waals surface area contributed by atoms with Crippen LogP contribution in [0, 0.1) is 13.8 Å². The summed E-state index contributed by atoms with van der Waals surface area (Å²) in [6.45, 7) is 5.42. The van der Waals surface area contributed by atoms with Crippen LogP contribution in [0.15, 0.2) is 66.7 Å². The van der Waals surface area contributed by atoms with Crippen molar-refractivity contribution in [2.45, 2.75) is 46.2 Å². The molecule has 0 unspecified atom stereocenters. The van der Waals surface area contributed by atoms with E-state index in [-0.39, 0.29) is 18.9 Å². The number of sulfonamides is 1. The van der Waals surface area contributed by atoms with Gasteiger partial charge in [-0.25, -0.2) is 8.42 Å². The Hall–Kier alpha value is -3.07. The van der Waals surface area contributed by atoms with E-state index in [4.69, 9.17) is 23.2 Å². The molecule has 1 atom stereocenters. The molecule has 7 nitrogen and oxygen atoms in total. The molecule has 3 rings (SSSR count). The molecule has 40 heavy (non-hydrogen) atoms. The second-order valence-corrected chi connectivity index (χ2v) is 12.5. The number of rotatable bonds is 12. The van der Waals surface area contributed by atoms with E-state index in [9.17, 15) is 18.0 Å². The Bertz CT molecular complexity index is 1430. The Morgan fingerprint density at radius 1 is 0.950 bits per heavy atom. The smallest absolute Gasteiger partial charge is 0.244 e. The van der Waals surface area contributed by atoms with E-state index < -0.39 is 28.5 Å². The van der Waals surface area contributed by atoms with Crippen molar-refractivity contribution in [1.82, 2.24) is 10.2 Å². The van der Waals surface area contributed by atoms with E-state index in [2.05, 4.69) is 5.32 Å². The van der Waals surface area contributed by atoms with E-state index in [1.54, 1.807) is 31.2 Å². The molecule has 2 amide bonds. The van der Waals surface area contributed by atoms with Gasteiger partial charge in [0, 0.05) is 35.1 Å². The van der Waals surface area contributed by atoms with Crippen molar-refractivity contribution in [1.29, 1.82) is 0 Å². The van der Waals surface area contributed by atoms with Crippen LogP contribution in [0.2, 0.25) is 10.0 Å². The van der Waals surface area contributed by atoms with Crippen LogP contribution in [0.1, 0.15) is 35.6 Å². The number of hydrogen-bond donors (Lipinski definition) is 1. The van der Waals surface area contributed by atoms with Crippen LogP contribution in [-0.4, -0.2) is 50.5 Å². The SMILES string of the molecule is CCCNC(=O)[C@@H](Cc1ccccc1)N(Cc1c(Cl)cccc1Cl)C(=O)CN(c1cc(C)ccc1C)S(C)(=O)=O. The summed E-state index contributed by atoms with van der Waals surface area (Å²) in [5.74, 6) is -0.908. The van der Waals surface area contributed by atoms with E-state index >= 15 is 0 Å². The fourth-order valence-electron chi connectivity index (χ4n) is 4.36. The Kier molecular flexibility index (Phi) is 11.0. The van der Waals surface area contributed by atoms with Crippen LogP contribution in [-0.2, 0) is 32.6 Å². The highest BCUT2D eigenvalue weighted by Crippen LogP contribution is 2.29. The topological polar surface area (TPSA) is 86.8 Å². The minimum Gasteiger partial charge on any atom is -0.354 e. The molecule has 3 aromatic rings. The lowest BCUT2D eigenvalue weighted by Crippen LogP contribution is -2.53. The molecular formula is C30H35Cl2N3O4S. The van der Waals surface area contributed by atoms with Crippen molar-refractivity contribution in [3.8, 4) is 0 Å². The standard InChI is InChI=1S/C30H35Cl2N3O4S/c1-5-16-33-30(37)28(18-23-10-7-6-8-11-23)34(19-24-25(31)12-9-13-26(24)32)29(36)20-35(40(4,38)39)27-17-21(2)14-15-22(27)3/h6-15,17,28H,5,16,18-20H2,1-4H3,(H,33,37)/t28-/m1/s1. The van der Waals surface area contributed by atoms with Crippen LogP contribution >= 0.6 is 23.2 Å². The molecule has 0 saturated carbocycles. The number of benzene rings is 3. The van der Waals surface area contributed by atoms with Crippen molar-refractivity contribution in [3.05, 3.63) is 99.0 Å². The van der Waals surface area contributed by atoms with Gasteiger partial charge in [0.05, 0.1) is 11.9 Å². The van der Waals surface area contributed by atoms with Crippen molar-refractivity contribution in [2.75, 3.05) is 23.7 Å². The van der Waals surface area contributed by atoms with Gasteiger partial charge in [-0.2, -0.15) is 0 Å². The lowest BCUT2D eigenvalue weighted by molar-refractivity contribution is -0.140.